The maximum Gasteiger partial charge on any atom is 0.0706 e. The molecule has 3 heteroatoms. The van der Waals surface area contributed by atoms with E-state index in [0.29, 0.717) is 6.42 Å². The van der Waals surface area contributed by atoms with Crippen molar-refractivity contribution in [3.05, 3.63) is 0 Å². The zero-order chi connectivity index (χ0) is 5.82. The Bertz CT molecular complexity index is 98.7. The summed E-state index contributed by atoms with van der Waals surface area (Å²) in [7, 11) is 0. The van der Waals surface area contributed by atoms with Crippen molar-refractivity contribution in [2.45, 2.75) is 12.6 Å². The van der Waals surface area contributed by atoms with Gasteiger partial charge in [-0.2, -0.15) is 5.26 Å². The van der Waals surface area contributed by atoms with Crippen molar-refractivity contribution >= 4 is 0 Å². The average Bonchev–Trinajstić information content (AvgIpc) is 2.19. The number of hydrogen-bond acceptors (Lipinski definition) is 3. The maximum absolute atomic E-state index is 8.20. The van der Waals surface area contributed by atoms with Gasteiger partial charge in [0.15, 0.2) is 0 Å². The zero-order valence-corrected chi connectivity index (χ0v) is 4.65. The van der Waals surface area contributed by atoms with Crippen LogP contribution in [0.25, 0.3) is 0 Å². The second kappa shape index (κ2) is 2.65. The van der Waals surface area contributed by atoms with E-state index in [1.807, 2.05) is 0 Å². The first-order valence-electron chi connectivity index (χ1n) is 2.77. The van der Waals surface area contributed by atoms with Crippen LogP contribution in [0.3, 0.4) is 0 Å². The third-order valence-corrected chi connectivity index (χ3v) is 1.20. The van der Waals surface area contributed by atoms with Crippen LogP contribution >= 0.6 is 0 Å². The molecular weight excluding hydrogens is 102 g/mol. The molecule has 0 unspecified atom stereocenters. The highest BCUT2D eigenvalue weighted by atomic mass is 15.2. The molecular formula is C5H9N3. The molecule has 0 aromatic heterocycles. The van der Waals surface area contributed by atoms with Gasteiger partial charge in [-0.1, -0.05) is 0 Å². The van der Waals surface area contributed by atoms with E-state index in [4.69, 9.17) is 5.26 Å². The molecule has 0 saturated carbocycles. The van der Waals surface area contributed by atoms with Gasteiger partial charge in [-0.25, -0.2) is 0 Å². The van der Waals surface area contributed by atoms with Crippen LogP contribution in [-0.2, 0) is 0 Å². The summed E-state index contributed by atoms with van der Waals surface area (Å²) in [5, 5.41) is 14.4. The molecule has 0 aromatic rings. The van der Waals surface area contributed by atoms with E-state index in [1.165, 1.54) is 0 Å². The van der Waals surface area contributed by atoms with E-state index in [1.54, 1.807) is 0 Å². The summed E-state index contributed by atoms with van der Waals surface area (Å²) in [5.41, 5.74) is 0. The fourth-order valence-corrected chi connectivity index (χ4v) is 0.801. The summed E-state index contributed by atoms with van der Waals surface area (Å²) >= 11 is 0. The Morgan fingerprint density at radius 2 is 2.12 bits per heavy atom. The lowest BCUT2D eigenvalue weighted by molar-refractivity contribution is 0.566. The predicted octanol–water partition coefficient (Wildman–Crippen LogP) is -0.581. The quantitative estimate of drug-likeness (QED) is 0.476. The van der Waals surface area contributed by atoms with Crippen molar-refractivity contribution in [3.8, 4) is 6.07 Å². The Morgan fingerprint density at radius 1 is 1.50 bits per heavy atom. The monoisotopic (exact) mass is 111 g/mol. The van der Waals surface area contributed by atoms with Gasteiger partial charge in [0.2, 0.25) is 0 Å². The number of nitrogens with one attached hydrogen (secondary N) is 2. The molecule has 1 rings (SSSR count). The van der Waals surface area contributed by atoms with E-state index >= 15 is 0 Å². The van der Waals surface area contributed by atoms with Crippen LogP contribution in [0.4, 0.5) is 0 Å². The third kappa shape index (κ3) is 1.19. The van der Waals surface area contributed by atoms with Crippen molar-refractivity contribution in [1.29, 1.82) is 5.26 Å². The minimum Gasteiger partial charge on any atom is -0.300 e. The fraction of sp³-hybridized carbons (Fsp3) is 0.800. The molecule has 0 aromatic carbocycles. The zero-order valence-electron chi connectivity index (χ0n) is 4.65. The van der Waals surface area contributed by atoms with Gasteiger partial charge in [0.25, 0.3) is 0 Å². The maximum atomic E-state index is 8.20. The van der Waals surface area contributed by atoms with Gasteiger partial charge in [0.05, 0.1) is 18.7 Å². The van der Waals surface area contributed by atoms with Gasteiger partial charge in [0.1, 0.15) is 0 Å². The molecule has 0 radical (unpaired) electrons. The van der Waals surface area contributed by atoms with E-state index in [0.717, 1.165) is 13.1 Å². The Hall–Kier alpha value is -0.590. The first-order chi connectivity index (χ1) is 3.93. The molecule has 2 N–H and O–H groups in total. The smallest absolute Gasteiger partial charge is 0.0706 e. The first-order valence-corrected chi connectivity index (χ1v) is 2.77. The number of hydrogen-bond donors (Lipinski definition) is 2. The van der Waals surface area contributed by atoms with E-state index in [9.17, 15) is 0 Å². The van der Waals surface area contributed by atoms with Gasteiger partial charge < -0.3 is 0 Å². The molecule has 0 amide bonds. The van der Waals surface area contributed by atoms with Crippen molar-refractivity contribution < 1.29 is 0 Å². The molecule has 1 fully saturated rings. The third-order valence-electron chi connectivity index (χ3n) is 1.20. The van der Waals surface area contributed by atoms with Gasteiger partial charge in [-0.05, 0) is 0 Å². The van der Waals surface area contributed by atoms with Gasteiger partial charge in [0, 0.05) is 13.1 Å². The first kappa shape index (κ1) is 5.54. The van der Waals surface area contributed by atoms with Crippen LogP contribution in [0.5, 0.6) is 0 Å². The number of rotatable bonds is 1. The standard InChI is InChI=1S/C5H9N3/c6-2-1-5-7-3-4-8-5/h5,7-8H,1,3-4H2. The van der Waals surface area contributed by atoms with Crippen molar-refractivity contribution in [2.24, 2.45) is 0 Å². The Morgan fingerprint density at radius 3 is 2.62 bits per heavy atom. The minimum absolute atomic E-state index is 0.250. The summed E-state index contributed by atoms with van der Waals surface area (Å²) < 4.78 is 0. The summed E-state index contributed by atoms with van der Waals surface area (Å²) in [6.07, 6.45) is 0.819. The Balaban J connectivity index is 2.17. The molecule has 8 heavy (non-hydrogen) atoms. The highest BCUT2D eigenvalue weighted by Crippen LogP contribution is 1.88. The van der Waals surface area contributed by atoms with E-state index in [-0.39, 0.29) is 6.17 Å². The summed E-state index contributed by atoms with van der Waals surface area (Å²) in [5.74, 6) is 0. The molecule has 0 bridgehead atoms. The van der Waals surface area contributed by atoms with Crippen molar-refractivity contribution in [1.82, 2.24) is 10.6 Å². The Kier molecular flexibility index (Phi) is 1.84. The van der Waals surface area contributed by atoms with Crippen LogP contribution in [0.2, 0.25) is 0 Å². The molecule has 0 atom stereocenters. The predicted molar refractivity (Wildman–Crippen MR) is 30.0 cm³/mol. The lowest BCUT2D eigenvalue weighted by Gasteiger charge is -2.02. The van der Waals surface area contributed by atoms with Crippen LogP contribution in [-0.4, -0.2) is 19.3 Å². The largest absolute Gasteiger partial charge is 0.300 e. The van der Waals surface area contributed by atoms with Crippen LogP contribution in [0, 0.1) is 11.3 Å². The Labute approximate surface area is 48.7 Å². The molecule has 44 valence electrons. The lowest BCUT2D eigenvalue weighted by Crippen LogP contribution is -2.29. The summed E-state index contributed by atoms with van der Waals surface area (Å²) in [6.45, 7) is 1.98. The molecule has 0 spiro atoms. The fourth-order valence-electron chi connectivity index (χ4n) is 0.801. The number of nitriles is 1. The van der Waals surface area contributed by atoms with Gasteiger partial charge >= 0.3 is 0 Å². The second-order valence-electron chi connectivity index (χ2n) is 1.82. The van der Waals surface area contributed by atoms with Crippen LogP contribution in [0.15, 0.2) is 0 Å². The van der Waals surface area contributed by atoms with Crippen molar-refractivity contribution in [3.63, 3.8) is 0 Å². The molecule has 1 aliphatic heterocycles. The lowest BCUT2D eigenvalue weighted by atomic mass is 10.4. The molecule has 1 heterocycles. The molecule has 0 aliphatic carbocycles. The van der Waals surface area contributed by atoms with Crippen LogP contribution < -0.4 is 10.6 Å². The average molecular weight is 111 g/mol. The van der Waals surface area contributed by atoms with Gasteiger partial charge in [-0.3, -0.25) is 10.6 Å². The minimum atomic E-state index is 0.250. The van der Waals surface area contributed by atoms with Crippen LogP contribution in [0.1, 0.15) is 6.42 Å². The van der Waals surface area contributed by atoms with Crippen molar-refractivity contribution in [2.75, 3.05) is 13.1 Å². The highest BCUT2D eigenvalue weighted by Gasteiger charge is 2.10. The molecule has 3 nitrogen and oxygen atoms in total. The van der Waals surface area contributed by atoms with E-state index in [2.05, 4.69) is 16.7 Å². The highest BCUT2D eigenvalue weighted by molar-refractivity contribution is 4.82. The summed E-state index contributed by atoms with van der Waals surface area (Å²) in [6, 6.07) is 2.08. The molecule has 1 saturated heterocycles. The number of nitrogens with zero attached hydrogens (tertiary/aromatic N) is 1. The topological polar surface area (TPSA) is 47.9 Å². The molecule has 1 aliphatic rings. The second-order valence-corrected chi connectivity index (χ2v) is 1.82. The van der Waals surface area contributed by atoms with E-state index < -0.39 is 0 Å². The SMILES string of the molecule is N#CCC1NCCN1. The normalized spacial score (nSPS) is 20.9. The van der Waals surface area contributed by atoms with Gasteiger partial charge in [-0.15, -0.1) is 0 Å². The summed E-state index contributed by atoms with van der Waals surface area (Å²) in [4.78, 5) is 0.